The van der Waals surface area contributed by atoms with Crippen molar-refractivity contribution >= 4 is 11.9 Å². The third kappa shape index (κ3) is 4.07. The molecule has 8 nitrogen and oxygen atoms in total. The molecule has 1 aromatic rings. The van der Waals surface area contributed by atoms with E-state index in [4.69, 9.17) is 9.68 Å². The Labute approximate surface area is 158 Å². The maximum absolute atomic E-state index is 12.7. The number of carbonyl (C=O) groups excluding carboxylic acids is 2. The normalized spacial score (nSPS) is 25.7. The number of rotatable bonds is 6. The molecule has 2 N–H and O–H groups in total. The van der Waals surface area contributed by atoms with Gasteiger partial charge >= 0.3 is 6.03 Å². The monoisotopic (exact) mass is 374 g/mol. The van der Waals surface area contributed by atoms with Crippen LogP contribution in [0.25, 0.3) is 0 Å². The number of hydrogen-bond acceptors (Lipinski definition) is 5. The zero-order chi connectivity index (χ0) is 18.6. The lowest BCUT2D eigenvalue weighted by Gasteiger charge is -2.30. The van der Waals surface area contributed by atoms with Crippen molar-refractivity contribution in [1.82, 2.24) is 20.8 Å². The molecular weight excluding hydrogens is 348 g/mol. The van der Waals surface area contributed by atoms with Crippen LogP contribution < -0.4 is 10.8 Å². The lowest BCUT2D eigenvalue weighted by Crippen LogP contribution is -2.50. The maximum atomic E-state index is 12.7. The largest absolute Gasteiger partial charge is 0.345 e. The minimum absolute atomic E-state index is 0.00407. The summed E-state index contributed by atoms with van der Waals surface area (Å²) in [5, 5.41) is 4.70. The molecule has 146 valence electrons. The number of hydroxylamine groups is 3. The SMILES string of the molecule is O=C(NOC1CCNCC1)[C@@H]1CC[C@@H]2CN1C(=O)N2OCc1ccccc1. The van der Waals surface area contributed by atoms with Gasteiger partial charge in [-0.05, 0) is 44.3 Å². The van der Waals surface area contributed by atoms with E-state index < -0.39 is 6.04 Å². The molecule has 8 heteroatoms. The molecule has 0 unspecified atom stereocenters. The van der Waals surface area contributed by atoms with Crippen molar-refractivity contribution in [3.8, 4) is 0 Å². The summed E-state index contributed by atoms with van der Waals surface area (Å²) in [7, 11) is 0. The molecule has 3 aliphatic rings. The highest BCUT2D eigenvalue weighted by Gasteiger charge is 2.48. The van der Waals surface area contributed by atoms with Crippen LogP contribution in [0.2, 0.25) is 0 Å². The van der Waals surface area contributed by atoms with Crippen molar-refractivity contribution in [2.24, 2.45) is 0 Å². The van der Waals surface area contributed by atoms with E-state index in [-0.39, 0.29) is 24.1 Å². The van der Waals surface area contributed by atoms with Crippen molar-refractivity contribution in [3.05, 3.63) is 35.9 Å². The number of benzene rings is 1. The lowest BCUT2D eigenvalue weighted by atomic mass is 10.0. The Bertz CT molecular complexity index is 665. The van der Waals surface area contributed by atoms with Gasteiger partial charge in [-0.3, -0.25) is 14.5 Å². The molecule has 0 saturated carbocycles. The molecule has 0 aliphatic carbocycles. The fourth-order valence-electron chi connectivity index (χ4n) is 3.91. The second-order valence-electron chi connectivity index (χ2n) is 7.30. The summed E-state index contributed by atoms with van der Waals surface area (Å²) in [4.78, 5) is 38.2. The van der Waals surface area contributed by atoms with Gasteiger partial charge in [0.25, 0.3) is 5.91 Å². The molecular formula is C19H26N4O4. The van der Waals surface area contributed by atoms with Crippen molar-refractivity contribution < 1.29 is 19.3 Å². The van der Waals surface area contributed by atoms with Crippen LogP contribution in [-0.4, -0.2) is 59.7 Å². The molecule has 3 saturated heterocycles. The first-order valence-electron chi connectivity index (χ1n) is 9.65. The van der Waals surface area contributed by atoms with Crippen LogP contribution in [0.1, 0.15) is 31.2 Å². The van der Waals surface area contributed by atoms with Gasteiger partial charge in [0, 0.05) is 6.54 Å². The van der Waals surface area contributed by atoms with Gasteiger partial charge < -0.3 is 10.2 Å². The second kappa shape index (κ2) is 8.24. The molecule has 4 rings (SSSR count). The Morgan fingerprint density at radius 1 is 1.15 bits per heavy atom. The summed E-state index contributed by atoms with van der Waals surface area (Å²) in [6.45, 7) is 2.64. The average molecular weight is 374 g/mol. The molecule has 0 spiro atoms. The average Bonchev–Trinajstić information content (AvgIpc) is 2.96. The number of fused-ring (bicyclic) bond motifs is 2. The van der Waals surface area contributed by atoms with Crippen LogP contribution >= 0.6 is 0 Å². The Kier molecular flexibility index (Phi) is 5.56. The van der Waals surface area contributed by atoms with E-state index >= 15 is 0 Å². The summed E-state index contributed by atoms with van der Waals surface area (Å²) in [6, 6.07) is 9.00. The van der Waals surface area contributed by atoms with E-state index in [2.05, 4.69) is 10.8 Å². The molecule has 2 atom stereocenters. The van der Waals surface area contributed by atoms with Gasteiger partial charge in [-0.1, -0.05) is 30.3 Å². The Balaban J connectivity index is 1.31. The van der Waals surface area contributed by atoms with Gasteiger partial charge in [0.05, 0.1) is 12.1 Å². The highest BCUT2D eigenvalue weighted by molar-refractivity contribution is 5.88. The number of nitrogens with zero attached hydrogens (tertiary/aromatic N) is 2. The Morgan fingerprint density at radius 2 is 1.93 bits per heavy atom. The van der Waals surface area contributed by atoms with Crippen LogP contribution in [0.5, 0.6) is 0 Å². The predicted octanol–water partition coefficient (Wildman–Crippen LogP) is 1.19. The van der Waals surface area contributed by atoms with E-state index in [0.29, 0.717) is 19.6 Å². The van der Waals surface area contributed by atoms with Crippen LogP contribution in [0.3, 0.4) is 0 Å². The first-order chi connectivity index (χ1) is 13.2. The van der Waals surface area contributed by atoms with E-state index in [1.54, 1.807) is 4.90 Å². The molecule has 3 heterocycles. The summed E-state index contributed by atoms with van der Waals surface area (Å²) < 4.78 is 0. The van der Waals surface area contributed by atoms with Gasteiger partial charge in [-0.2, -0.15) is 5.06 Å². The van der Waals surface area contributed by atoms with Crippen LogP contribution in [0.15, 0.2) is 30.3 Å². The molecule has 3 aliphatic heterocycles. The van der Waals surface area contributed by atoms with Crippen molar-refractivity contribution in [3.63, 3.8) is 0 Å². The Hall–Kier alpha value is -2.16. The molecule has 2 bridgehead atoms. The summed E-state index contributed by atoms with van der Waals surface area (Å²) in [5.74, 6) is -0.245. The Morgan fingerprint density at radius 3 is 2.70 bits per heavy atom. The molecule has 1 aromatic carbocycles. The van der Waals surface area contributed by atoms with Crippen LogP contribution in [0.4, 0.5) is 4.79 Å². The number of hydrogen-bond donors (Lipinski definition) is 2. The smallest absolute Gasteiger partial charge is 0.317 e. The van der Waals surface area contributed by atoms with Crippen LogP contribution in [-0.2, 0) is 21.1 Å². The minimum Gasteiger partial charge on any atom is -0.317 e. The maximum Gasteiger partial charge on any atom is 0.345 e. The topological polar surface area (TPSA) is 83.1 Å². The highest BCUT2D eigenvalue weighted by Crippen LogP contribution is 2.30. The number of carbonyl (C=O) groups is 2. The van der Waals surface area contributed by atoms with Crippen molar-refractivity contribution in [2.75, 3.05) is 19.6 Å². The summed E-state index contributed by atoms with van der Waals surface area (Å²) >= 11 is 0. The zero-order valence-corrected chi connectivity index (χ0v) is 15.3. The molecule has 0 aromatic heterocycles. The van der Waals surface area contributed by atoms with Gasteiger partial charge in [0.2, 0.25) is 0 Å². The number of piperidine rings is 2. The lowest BCUT2D eigenvalue weighted by molar-refractivity contribution is -0.145. The highest BCUT2D eigenvalue weighted by atomic mass is 16.7. The molecule has 27 heavy (non-hydrogen) atoms. The zero-order valence-electron chi connectivity index (χ0n) is 15.3. The number of nitrogens with one attached hydrogen (secondary N) is 2. The summed E-state index contributed by atoms with van der Waals surface area (Å²) in [6.07, 6.45) is 3.13. The predicted molar refractivity (Wildman–Crippen MR) is 97.1 cm³/mol. The van der Waals surface area contributed by atoms with Crippen molar-refractivity contribution in [2.45, 2.75) is 50.5 Å². The van der Waals surface area contributed by atoms with Crippen LogP contribution in [0, 0.1) is 0 Å². The van der Waals surface area contributed by atoms with Gasteiger partial charge in [0.1, 0.15) is 12.6 Å². The fourth-order valence-corrected chi connectivity index (χ4v) is 3.91. The van der Waals surface area contributed by atoms with E-state index in [9.17, 15) is 9.59 Å². The fraction of sp³-hybridized carbons (Fsp3) is 0.579. The minimum atomic E-state index is -0.499. The van der Waals surface area contributed by atoms with E-state index in [1.807, 2.05) is 30.3 Å². The van der Waals surface area contributed by atoms with Gasteiger partial charge in [-0.25, -0.2) is 10.3 Å². The molecule has 3 amide bonds. The van der Waals surface area contributed by atoms with E-state index in [1.165, 1.54) is 5.06 Å². The first kappa shape index (κ1) is 18.2. The van der Waals surface area contributed by atoms with Gasteiger partial charge in [-0.15, -0.1) is 0 Å². The standard InChI is InChI=1S/C19H26N4O4/c24-18(21-27-16-8-10-20-11-9-16)17-7-6-15-12-22(17)19(25)23(15)26-13-14-4-2-1-3-5-14/h1-5,15-17,20H,6-13H2,(H,21,24)/t15-,17+/m1/s1. The first-order valence-corrected chi connectivity index (χ1v) is 9.65. The quantitative estimate of drug-likeness (QED) is 0.731. The third-order valence-corrected chi connectivity index (χ3v) is 5.45. The third-order valence-electron chi connectivity index (χ3n) is 5.45. The van der Waals surface area contributed by atoms with E-state index in [0.717, 1.165) is 37.9 Å². The molecule has 3 fully saturated rings. The number of amides is 3. The molecule has 0 radical (unpaired) electrons. The second-order valence-corrected chi connectivity index (χ2v) is 7.30. The summed E-state index contributed by atoms with van der Waals surface area (Å²) in [5.41, 5.74) is 3.58. The number of urea groups is 1. The van der Waals surface area contributed by atoms with Crippen molar-refractivity contribution in [1.29, 1.82) is 0 Å². The van der Waals surface area contributed by atoms with Gasteiger partial charge in [0.15, 0.2) is 0 Å².